The molecule has 0 unspecified atom stereocenters. The van der Waals surface area contributed by atoms with Gasteiger partial charge < -0.3 is 29.7 Å². The summed E-state index contributed by atoms with van der Waals surface area (Å²) in [6.07, 6.45) is 4.20. The number of likely N-dealkylation sites (N-methyl/N-ethyl adjacent to an activating group) is 2. The molecule has 0 radical (unpaired) electrons. The molecule has 0 fully saturated rings. The third kappa shape index (κ3) is 6.13. The van der Waals surface area contributed by atoms with Gasteiger partial charge in [-0.05, 0) is 50.9 Å². The van der Waals surface area contributed by atoms with E-state index in [1.165, 1.54) is 13.2 Å². The minimum absolute atomic E-state index is 0.0448. The quantitative estimate of drug-likeness (QED) is 0.267. The molecule has 0 aliphatic carbocycles. The van der Waals surface area contributed by atoms with Crippen molar-refractivity contribution < 1.29 is 13.9 Å². The number of nitrogens with one attached hydrogen (secondary N) is 2. The van der Waals surface area contributed by atoms with Gasteiger partial charge in [0.05, 0.1) is 41.4 Å². The number of aromatic nitrogens is 3. The lowest BCUT2D eigenvalue weighted by Gasteiger charge is -2.26. The lowest BCUT2D eigenvalue weighted by molar-refractivity contribution is -0.111. The van der Waals surface area contributed by atoms with Gasteiger partial charge in [0.15, 0.2) is 5.82 Å². The van der Waals surface area contributed by atoms with Gasteiger partial charge in [-0.3, -0.25) is 4.79 Å². The van der Waals surface area contributed by atoms with E-state index < -0.39 is 5.82 Å². The van der Waals surface area contributed by atoms with E-state index >= 15 is 4.39 Å². The number of ether oxygens (including phenoxy) is 1. The third-order valence-electron chi connectivity index (χ3n) is 6.71. The summed E-state index contributed by atoms with van der Waals surface area (Å²) in [4.78, 5) is 24.9. The Morgan fingerprint density at radius 3 is 2.63 bits per heavy atom. The molecule has 212 valence electrons. The highest BCUT2D eigenvalue weighted by molar-refractivity contribution is 6.02. The molecule has 0 saturated heterocycles. The van der Waals surface area contributed by atoms with Crippen LogP contribution in [0, 0.1) is 24.1 Å². The zero-order valence-electron chi connectivity index (χ0n) is 24.0. The summed E-state index contributed by atoms with van der Waals surface area (Å²) in [6, 6.07) is 9.17. The second kappa shape index (κ2) is 12.1. The Balaban J connectivity index is 1.77. The van der Waals surface area contributed by atoms with Gasteiger partial charge in [0.25, 0.3) is 0 Å². The van der Waals surface area contributed by atoms with Gasteiger partial charge in [0.1, 0.15) is 17.5 Å². The smallest absolute Gasteiger partial charge is 0.247 e. The van der Waals surface area contributed by atoms with Crippen molar-refractivity contribution in [2.24, 2.45) is 7.05 Å². The number of rotatable bonds is 10. The number of benzene rings is 2. The standard InChI is InChI=1S/C30H33FN8O2/c1-8-27(40)34-23-13-24(26(41-7)14-25(23)38(5)10-9-37(3)4)35-30-33-16-22(31)28(36-30)19-11-20(15-32)29-21(12-19)18(2)17-39(29)6/h8,11-14,16-17H,1,9-10H2,2-7H3,(H,34,40)(H,33,35,36). The van der Waals surface area contributed by atoms with Gasteiger partial charge in [0.2, 0.25) is 11.9 Å². The van der Waals surface area contributed by atoms with Crippen LogP contribution in [0.3, 0.4) is 0 Å². The van der Waals surface area contributed by atoms with Gasteiger partial charge in [-0.2, -0.15) is 5.26 Å². The summed E-state index contributed by atoms with van der Waals surface area (Å²) >= 11 is 0. The molecular weight excluding hydrogens is 523 g/mol. The zero-order chi connectivity index (χ0) is 29.8. The van der Waals surface area contributed by atoms with E-state index in [0.717, 1.165) is 34.9 Å². The Morgan fingerprint density at radius 2 is 1.98 bits per heavy atom. The normalized spacial score (nSPS) is 10.9. The van der Waals surface area contributed by atoms with E-state index in [1.54, 1.807) is 18.2 Å². The number of fused-ring (bicyclic) bond motifs is 1. The number of hydrogen-bond acceptors (Lipinski definition) is 8. The summed E-state index contributed by atoms with van der Waals surface area (Å²) in [7, 11) is 9.29. The topological polar surface area (TPSA) is 111 Å². The minimum Gasteiger partial charge on any atom is -0.494 e. The van der Waals surface area contributed by atoms with Crippen LogP contribution >= 0.6 is 0 Å². The second-order valence-electron chi connectivity index (χ2n) is 9.96. The van der Waals surface area contributed by atoms with Crippen molar-refractivity contribution in [3.63, 3.8) is 0 Å². The van der Waals surface area contributed by atoms with Crippen LogP contribution in [0.5, 0.6) is 5.75 Å². The zero-order valence-corrected chi connectivity index (χ0v) is 24.0. The Labute approximate surface area is 238 Å². The highest BCUT2D eigenvalue weighted by Crippen LogP contribution is 2.38. The van der Waals surface area contributed by atoms with Crippen molar-refractivity contribution in [2.75, 3.05) is 56.9 Å². The Kier molecular flexibility index (Phi) is 8.54. The number of halogens is 1. The van der Waals surface area contributed by atoms with Gasteiger partial charge in [-0.15, -0.1) is 0 Å². The lowest BCUT2D eigenvalue weighted by atomic mass is 10.0. The highest BCUT2D eigenvalue weighted by atomic mass is 19.1. The summed E-state index contributed by atoms with van der Waals surface area (Å²) < 4.78 is 22.6. The number of nitriles is 1. The van der Waals surface area contributed by atoms with E-state index in [-0.39, 0.29) is 17.5 Å². The van der Waals surface area contributed by atoms with Crippen LogP contribution in [0.1, 0.15) is 11.1 Å². The number of hydrogen-bond donors (Lipinski definition) is 2. The second-order valence-corrected chi connectivity index (χ2v) is 9.96. The highest BCUT2D eigenvalue weighted by Gasteiger charge is 2.19. The molecule has 0 atom stereocenters. The first kappa shape index (κ1) is 29.0. The molecule has 41 heavy (non-hydrogen) atoms. The minimum atomic E-state index is -0.629. The fourth-order valence-corrected chi connectivity index (χ4v) is 4.62. The van der Waals surface area contributed by atoms with Crippen LogP contribution in [0.4, 0.5) is 27.4 Å². The van der Waals surface area contributed by atoms with Gasteiger partial charge in [0, 0.05) is 50.4 Å². The van der Waals surface area contributed by atoms with E-state index in [9.17, 15) is 10.1 Å². The van der Waals surface area contributed by atoms with Crippen molar-refractivity contribution in [2.45, 2.75) is 6.92 Å². The third-order valence-corrected chi connectivity index (χ3v) is 6.71. The van der Waals surface area contributed by atoms with Crippen molar-refractivity contribution in [3.8, 4) is 23.1 Å². The predicted octanol–water partition coefficient (Wildman–Crippen LogP) is 4.83. The van der Waals surface area contributed by atoms with Crippen LogP contribution < -0.4 is 20.3 Å². The summed E-state index contributed by atoms with van der Waals surface area (Å²) in [5, 5.41) is 16.6. The van der Waals surface area contributed by atoms with E-state index in [4.69, 9.17) is 4.74 Å². The predicted molar refractivity (Wildman–Crippen MR) is 160 cm³/mol. The number of nitrogens with zero attached hydrogens (tertiary/aromatic N) is 6. The number of anilines is 4. The Hall–Kier alpha value is -4.95. The number of aryl methyl sites for hydroxylation is 2. The molecule has 0 bridgehead atoms. The molecule has 2 aromatic carbocycles. The van der Waals surface area contributed by atoms with E-state index in [2.05, 4.69) is 38.1 Å². The Bertz CT molecular complexity index is 1670. The van der Waals surface area contributed by atoms with Crippen molar-refractivity contribution in [3.05, 3.63) is 66.3 Å². The largest absolute Gasteiger partial charge is 0.494 e. The molecule has 4 rings (SSSR count). The molecule has 11 heteroatoms. The van der Waals surface area contributed by atoms with E-state index in [1.807, 2.05) is 56.8 Å². The summed E-state index contributed by atoms with van der Waals surface area (Å²) in [5.74, 6) is -0.423. The van der Waals surface area contributed by atoms with Crippen molar-refractivity contribution in [1.29, 1.82) is 5.26 Å². The number of carbonyl (C=O) groups excluding carboxylic acids is 1. The maximum atomic E-state index is 15.1. The lowest BCUT2D eigenvalue weighted by Crippen LogP contribution is -2.29. The number of methoxy groups -OCH3 is 1. The van der Waals surface area contributed by atoms with Crippen molar-refractivity contribution >= 4 is 39.8 Å². The van der Waals surface area contributed by atoms with Crippen LogP contribution in [-0.2, 0) is 11.8 Å². The molecule has 1 amide bonds. The van der Waals surface area contributed by atoms with Crippen LogP contribution in [0.15, 0.2) is 49.3 Å². The number of amides is 1. The SMILES string of the molecule is C=CC(=O)Nc1cc(Nc2ncc(F)c(-c3cc(C#N)c4c(c3)c(C)cn4C)n2)c(OC)cc1N(C)CCN(C)C. The first-order valence-electron chi connectivity index (χ1n) is 12.9. The Morgan fingerprint density at radius 1 is 1.22 bits per heavy atom. The number of carbonyl (C=O) groups is 1. The first-order chi connectivity index (χ1) is 19.6. The molecule has 0 saturated carbocycles. The molecule has 0 spiro atoms. The molecular formula is C30H33FN8O2. The molecule has 2 heterocycles. The average Bonchev–Trinajstić information content (AvgIpc) is 3.25. The van der Waals surface area contributed by atoms with Crippen LogP contribution in [-0.4, -0.2) is 66.7 Å². The monoisotopic (exact) mass is 556 g/mol. The summed E-state index contributed by atoms with van der Waals surface area (Å²) in [6.45, 7) is 6.98. The molecule has 2 N–H and O–H groups in total. The van der Waals surface area contributed by atoms with Crippen LogP contribution in [0.25, 0.3) is 22.2 Å². The molecule has 10 nitrogen and oxygen atoms in total. The van der Waals surface area contributed by atoms with Gasteiger partial charge >= 0.3 is 0 Å². The van der Waals surface area contributed by atoms with Crippen LogP contribution in [0.2, 0.25) is 0 Å². The molecule has 0 aliphatic rings. The first-order valence-corrected chi connectivity index (χ1v) is 12.9. The molecule has 2 aromatic heterocycles. The maximum absolute atomic E-state index is 15.1. The maximum Gasteiger partial charge on any atom is 0.247 e. The van der Waals surface area contributed by atoms with E-state index in [0.29, 0.717) is 34.8 Å². The average molecular weight is 557 g/mol. The molecule has 4 aromatic rings. The van der Waals surface area contributed by atoms with Crippen molar-refractivity contribution in [1.82, 2.24) is 19.4 Å². The fourth-order valence-electron chi connectivity index (χ4n) is 4.62. The fraction of sp³-hybridized carbons (Fsp3) is 0.267. The molecule has 0 aliphatic heterocycles. The van der Waals surface area contributed by atoms with Gasteiger partial charge in [-0.25, -0.2) is 14.4 Å². The van der Waals surface area contributed by atoms with Gasteiger partial charge in [-0.1, -0.05) is 6.58 Å². The summed E-state index contributed by atoms with van der Waals surface area (Å²) in [5.41, 5.74) is 4.36.